The Hall–Kier alpha value is -3.93. The molecule has 0 spiro atoms. The normalized spacial score (nSPS) is 10.7. The smallest absolute Gasteiger partial charge is 0.274 e. The first kappa shape index (κ1) is 19.4. The highest BCUT2D eigenvalue weighted by molar-refractivity contribution is 6.04. The third-order valence-electron chi connectivity index (χ3n) is 4.66. The standard InChI is InChI=1S/C24H21N3O3/c28-23(25-15-16-30-19-11-5-2-6-12-19)22-20-13-7-8-14-21(20)24(29)27(26-22)17-18-9-3-1-4-10-18/h1-14H,15-17H2,(H,25,28). The average Bonchev–Trinajstić information content (AvgIpc) is 2.80. The van der Waals surface area contributed by atoms with Gasteiger partial charge in [-0.2, -0.15) is 5.10 Å². The first-order valence-electron chi connectivity index (χ1n) is 9.72. The van der Waals surface area contributed by atoms with Crippen LogP contribution in [0.15, 0.2) is 89.7 Å². The van der Waals surface area contributed by atoms with Crippen molar-refractivity contribution in [2.24, 2.45) is 0 Å². The van der Waals surface area contributed by atoms with E-state index in [0.29, 0.717) is 30.5 Å². The summed E-state index contributed by atoms with van der Waals surface area (Å²) in [6.07, 6.45) is 0. The largest absolute Gasteiger partial charge is 0.492 e. The average molecular weight is 399 g/mol. The summed E-state index contributed by atoms with van der Waals surface area (Å²) in [5.74, 6) is 0.399. The Morgan fingerprint density at radius 2 is 1.50 bits per heavy atom. The molecule has 1 aromatic heterocycles. The zero-order valence-corrected chi connectivity index (χ0v) is 16.3. The highest BCUT2D eigenvalue weighted by atomic mass is 16.5. The Labute approximate surface area is 173 Å². The fourth-order valence-electron chi connectivity index (χ4n) is 3.20. The van der Waals surface area contributed by atoms with Crippen LogP contribution in [0.25, 0.3) is 10.8 Å². The Kier molecular flexibility index (Phi) is 5.85. The number of carbonyl (C=O) groups is 1. The Morgan fingerprint density at radius 1 is 0.867 bits per heavy atom. The molecule has 0 atom stereocenters. The molecule has 0 unspecified atom stereocenters. The second-order valence-corrected chi connectivity index (χ2v) is 6.76. The highest BCUT2D eigenvalue weighted by Crippen LogP contribution is 2.14. The monoisotopic (exact) mass is 399 g/mol. The van der Waals surface area contributed by atoms with Crippen molar-refractivity contribution in [3.63, 3.8) is 0 Å². The third kappa shape index (κ3) is 4.38. The molecule has 0 bridgehead atoms. The van der Waals surface area contributed by atoms with E-state index in [-0.39, 0.29) is 17.2 Å². The van der Waals surface area contributed by atoms with E-state index in [9.17, 15) is 9.59 Å². The van der Waals surface area contributed by atoms with Gasteiger partial charge in [0, 0.05) is 5.39 Å². The molecular weight excluding hydrogens is 378 g/mol. The number of aromatic nitrogens is 2. The maximum Gasteiger partial charge on any atom is 0.274 e. The van der Waals surface area contributed by atoms with Crippen LogP contribution in [-0.2, 0) is 6.54 Å². The van der Waals surface area contributed by atoms with Crippen LogP contribution in [0, 0.1) is 0 Å². The van der Waals surface area contributed by atoms with Crippen LogP contribution in [0.1, 0.15) is 16.1 Å². The quantitative estimate of drug-likeness (QED) is 0.484. The van der Waals surface area contributed by atoms with Crippen molar-refractivity contribution in [2.45, 2.75) is 6.54 Å². The summed E-state index contributed by atoms with van der Waals surface area (Å²) >= 11 is 0. The molecule has 6 heteroatoms. The van der Waals surface area contributed by atoms with Crippen LogP contribution in [-0.4, -0.2) is 28.8 Å². The first-order chi connectivity index (χ1) is 14.7. The van der Waals surface area contributed by atoms with Crippen LogP contribution < -0.4 is 15.6 Å². The van der Waals surface area contributed by atoms with Crippen molar-refractivity contribution >= 4 is 16.7 Å². The number of nitrogens with one attached hydrogen (secondary N) is 1. The molecule has 0 fully saturated rings. The van der Waals surface area contributed by atoms with Crippen LogP contribution in [0.4, 0.5) is 0 Å². The molecule has 1 amide bonds. The Morgan fingerprint density at radius 3 is 2.23 bits per heavy atom. The molecule has 0 aliphatic carbocycles. The van der Waals surface area contributed by atoms with Crippen molar-refractivity contribution in [1.29, 1.82) is 0 Å². The molecule has 150 valence electrons. The molecule has 1 heterocycles. The first-order valence-corrected chi connectivity index (χ1v) is 9.72. The van der Waals surface area contributed by atoms with E-state index in [1.165, 1.54) is 4.68 Å². The lowest BCUT2D eigenvalue weighted by molar-refractivity contribution is 0.0941. The molecule has 4 rings (SSSR count). The van der Waals surface area contributed by atoms with E-state index >= 15 is 0 Å². The van der Waals surface area contributed by atoms with Crippen molar-refractivity contribution in [3.05, 3.63) is 107 Å². The molecule has 0 aliphatic rings. The minimum Gasteiger partial charge on any atom is -0.492 e. The minimum atomic E-state index is -0.343. The summed E-state index contributed by atoms with van der Waals surface area (Å²) in [5.41, 5.74) is 0.934. The molecule has 3 aromatic carbocycles. The van der Waals surface area contributed by atoms with Gasteiger partial charge in [-0.15, -0.1) is 0 Å². The zero-order chi connectivity index (χ0) is 20.8. The number of carbonyl (C=O) groups excluding carboxylic acids is 1. The molecule has 30 heavy (non-hydrogen) atoms. The maximum atomic E-state index is 12.9. The number of fused-ring (bicyclic) bond motifs is 1. The van der Waals surface area contributed by atoms with Gasteiger partial charge >= 0.3 is 0 Å². The lowest BCUT2D eigenvalue weighted by Gasteiger charge is -2.12. The van der Waals surface area contributed by atoms with Gasteiger partial charge in [0.15, 0.2) is 5.69 Å². The Balaban J connectivity index is 1.55. The summed E-state index contributed by atoms with van der Waals surface area (Å²) in [4.78, 5) is 25.7. The van der Waals surface area contributed by atoms with Gasteiger partial charge in [-0.25, -0.2) is 4.68 Å². The molecule has 0 saturated carbocycles. The number of nitrogens with zero attached hydrogens (tertiary/aromatic N) is 2. The molecule has 0 aliphatic heterocycles. The van der Waals surface area contributed by atoms with Gasteiger partial charge in [0.1, 0.15) is 12.4 Å². The van der Waals surface area contributed by atoms with Crippen LogP contribution >= 0.6 is 0 Å². The van der Waals surface area contributed by atoms with Crippen molar-refractivity contribution < 1.29 is 9.53 Å². The summed E-state index contributed by atoms with van der Waals surface area (Å²) < 4.78 is 6.95. The molecule has 4 aromatic rings. The second kappa shape index (κ2) is 9.05. The highest BCUT2D eigenvalue weighted by Gasteiger charge is 2.16. The zero-order valence-electron chi connectivity index (χ0n) is 16.3. The molecule has 0 saturated heterocycles. The van der Waals surface area contributed by atoms with Gasteiger partial charge in [0.25, 0.3) is 11.5 Å². The fourth-order valence-corrected chi connectivity index (χ4v) is 3.20. The summed E-state index contributed by atoms with van der Waals surface area (Å²) in [6, 6.07) is 26.0. The van der Waals surface area contributed by atoms with E-state index in [0.717, 1.165) is 11.3 Å². The number of ether oxygens (including phenoxy) is 1. The van der Waals surface area contributed by atoms with Crippen LogP contribution in [0.2, 0.25) is 0 Å². The number of rotatable bonds is 7. The fraction of sp³-hybridized carbons (Fsp3) is 0.125. The lowest BCUT2D eigenvalue weighted by Crippen LogP contribution is -2.33. The topological polar surface area (TPSA) is 73.2 Å². The maximum absolute atomic E-state index is 12.9. The second-order valence-electron chi connectivity index (χ2n) is 6.76. The molecule has 1 N–H and O–H groups in total. The number of hydrogen-bond acceptors (Lipinski definition) is 4. The van der Waals surface area contributed by atoms with Crippen molar-refractivity contribution in [1.82, 2.24) is 15.1 Å². The Bertz CT molecular complexity index is 1200. The van der Waals surface area contributed by atoms with Crippen molar-refractivity contribution in [3.8, 4) is 5.75 Å². The number of amides is 1. The predicted molar refractivity (Wildman–Crippen MR) is 116 cm³/mol. The summed E-state index contributed by atoms with van der Waals surface area (Å²) in [5, 5.41) is 8.22. The van der Waals surface area contributed by atoms with Gasteiger partial charge in [0.05, 0.1) is 18.5 Å². The van der Waals surface area contributed by atoms with Crippen LogP contribution in [0.5, 0.6) is 5.75 Å². The van der Waals surface area contributed by atoms with Gasteiger partial charge in [-0.1, -0.05) is 66.7 Å². The van der Waals surface area contributed by atoms with Crippen molar-refractivity contribution in [2.75, 3.05) is 13.2 Å². The number of benzene rings is 3. The number of para-hydroxylation sites is 1. The lowest BCUT2D eigenvalue weighted by atomic mass is 10.1. The van der Waals surface area contributed by atoms with E-state index in [2.05, 4.69) is 10.4 Å². The SMILES string of the molecule is O=C(NCCOc1ccccc1)c1nn(Cc2ccccc2)c(=O)c2ccccc12. The van der Waals surface area contributed by atoms with Crippen LogP contribution in [0.3, 0.4) is 0 Å². The third-order valence-corrected chi connectivity index (χ3v) is 4.66. The van der Waals surface area contributed by atoms with Gasteiger partial charge in [0.2, 0.25) is 0 Å². The van der Waals surface area contributed by atoms with Gasteiger partial charge in [-0.3, -0.25) is 9.59 Å². The van der Waals surface area contributed by atoms with E-state index in [4.69, 9.17) is 4.74 Å². The summed E-state index contributed by atoms with van der Waals surface area (Å²) in [7, 11) is 0. The molecule has 0 radical (unpaired) electrons. The number of hydrogen-bond donors (Lipinski definition) is 1. The van der Waals surface area contributed by atoms with Gasteiger partial charge in [-0.05, 0) is 23.8 Å². The minimum absolute atomic E-state index is 0.223. The predicted octanol–water partition coefficient (Wildman–Crippen LogP) is 3.25. The molecular formula is C24H21N3O3. The van der Waals surface area contributed by atoms with E-state index < -0.39 is 0 Å². The van der Waals surface area contributed by atoms with Gasteiger partial charge < -0.3 is 10.1 Å². The molecule has 6 nitrogen and oxygen atoms in total. The van der Waals surface area contributed by atoms with E-state index in [1.54, 1.807) is 24.3 Å². The summed E-state index contributed by atoms with van der Waals surface area (Å²) in [6.45, 7) is 0.945. The van der Waals surface area contributed by atoms with E-state index in [1.807, 2.05) is 60.7 Å².